The summed E-state index contributed by atoms with van der Waals surface area (Å²) in [5, 5.41) is 3.68. The first kappa shape index (κ1) is 13.3. The molecule has 0 radical (unpaired) electrons. The Hall–Kier alpha value is -1.09. The van der Waals surface area contributed by atoms with Crippen molar-refractivity contribution in [3.8, 4) is 0 Å². The summed E-state index contributed by atoms with van der Waals surface area (Å²) in [6, 6.07) is 5.48. The number of hydrogen-bond donors (Lipinski definition) is 1. The van der Waals surface area contributed by atoms with Gasteiger partial charge in [-0.1, -0.05) is 20.3 Å². The van der Waals surface area contributed by atoms with Crippen molar-refractivity contribution in [2.75, 3.05) is 18.0 Å². The number of nitrogens with zero attached hydrogens (tertiary/aromatic N) is 2. The molecule has 2 unspecified atom stereocenters. The first-order valence-corrected chi connectivity index (χ1v) is 7.17. The van der Waals surface area contributed by atoms with Gasteiger partial charge in [-0.3, -0.25) is 4.98 Å². The summed E-state index contributed by atoms with van der Waals surface area (Å²) >= 11 is 0. The molecule has 0 saturated carbocycles. The second-order valence-corrected chi connectivity index (χ2v) is 5.22. The fraction of sp³-hybridized carbons (Fsp3) is 0.667. The molecular weight excluding hydrogens is 222 g/mol. The van der Waals surface area contributed by atoms with E-state index in [1.807, 2.05) is 12.3 Å². The molecule has 1 aromatic rings. The van der Waals surface area contributed by atoms with Crippen LogP contribution in [0.5, 0.6) is 0 Å². The van der Waals surface area contributed by atoms with E-state index in [0.29, 0.717) is 12.1 Å². The quantitative estimate of drug-likeness (QED) is 0.886. The topological polar surface area (TPSA) is 28.2 Å². The molecule has 1 aromatic heterocycles. The van der Waals surface area contributed by atoms with Crippen LogP contribution in [0.4, 0.5) is 5.69 Å². The van der Waals surface area contributed by atoms with Crippen LogP contribution in [0.25, 0.3) is 0 Å². The van der Waals surface area contributed by atoms with Gasteiger partial charge >= 0.3 is 0 Å². The van der Waals surface area contributed by atoms with Crippen molar-refractivity contribution in [2.24, 2.45) is 0 Å². The van der Waals surface area contributed by atoms with Gasteiger partial charge in [-0.05, 0) is 31.9 Å². The van der Waals surface area contributed by atoms with E-state index in [4.69, 9.17) is 0 Å². The van der Waals surface area contributed by atoms with Gasteiger partial charge in [-0.2, -0.15) is 0 Å². The zero-order valence-corrected chi connectivity index (χ0v) is 11.8. The Labute approximate surface area is 111 Å². The number of rotatable bonds is 4. The normalized spacial score (nSPS) is 24.3. The fourth-order valence-corrected chi connectivity index (χ4v) is 2.84. The minimum atomic E-state index is 0.598. The van der Waals surface area contributed by atoms with Crippen molar-refractivity contribution in [3.63, 3.8) is 0 Å². The van der Waals surface area contributed by atoms with E-state index in [1.54, 1.807) is 0 Å². The van der Waals surface area contributed by atoms with Gasteiger partial charge < -0.3 is 10.2 Å². The number of anilines is 1. The molecule has 1 fully saturated rings. The van der Waals surface area contributed by atoms with Crippen LogP contribution >= 0.6 is 0 Å². The molecule has 2 atom stereocenters. The maximum absolute atomic E-state index is 4.43. The zero-order valence-electron chi connectivity index (χ0n) is 11.8. The molecule has 100 valence electrons. The van der Waals surface area contributed by atoms with Crippen molar-refractivity contribution in [1.29, 1.82) is 0 Å². The highest BCUT2D eigenvalue weighted by Crippen LogP contribution is 2.24. The molecule has 2 rings (SSSR count). The SMILES string of the molecule is CCCC1CN(c2cccnc2C)C(CC)CN1. The van der Waals surface area contributed by atoms with Gasteiger partial charge in [-0.25, -0.2) is 0 Å². The zero-order chi connectivity index (χ0) is 13.0. The highest BCUT2D eigenvalue weighted by Gasteiger charge is 2.27. The molecule has 1 N–H and O–H groups in total. The standard InChI is InChI=1S/C15H25N3/c1-4-7-13-11-18(14(5-2)10-17-13)15-8-6-9-16-12(15)3/h6,8-9,13-14,17H,4-5,7,10-11H2,1-3H3. The minimum Gasteiger partial charge on any atom is -0.364 e. The average molecular weight is 247 g/mol. The van der Waals surface area contributed by atoms with Gasteiger partial charge in [0.05, 0.1) is 11.4 Å². The Morgan fingerprint density at radius 3 is 2.94 bits per heavy atom. The van der Waals surface area contributed by atoms with Gasteiger partial charge in [-0.15, -0.1) is 0 Å². The van der Waals surface area contributed by atoms with E-state index >= 15 is 0 Å². The lowest BCUT2D eigenvalue weighted by atomic mass is 10.0. The van der Waals surface area contributed by atoms with Crippen molar-refractivity contribution in [2.45, 2.75) is 52.1 Å². The highest BCUT2D eigenvalue weighted by molar-refractivity contribution is 5.51. The minimum absolute atomic E-state index is 0.598. The summed E-state index contributed by atoms with van der Waals surface area (Å²) in [6.45, 7) is 8.84. The largest absolute Gasteiger partial charge is 0.364 e. The molecule has 0 spiro atoms. The lowest BCUT2D eigenvalue weighted by Gasteiger charge is -2.42. The third-order valence-electron chi connectivity index (χ3n) is 3.90. The number of aryl methyl sites for hydroxylation is 1. The van der Waals surface area contributed by atoms with E-state index in [1.165, 1.54) is 24.9 Å². The average Bonchev–Trinajstić information content (AvgIpc) is 2.40. The molecule has 0 aromatic carbocycles. The van der Waals surface area contributed by atoms with Crippen LogP contribution in [0.1, 0.15) is 38.8 Å². The number of pyridine rings is 1. The van der Waals surface area contributed by atoms with Crippen LogP contribution in [-0.2, 0) is 0 Å². The summed E-state index contributed by atoms with van der Waals surface area (Å²) in [5.74, 6) is 0. The first-order chi connectivity index (χ1) is 8.76. The molecule has 1 aliphatic rings. The van der Waals surface area contributed by atoms with Crippen molar-refractivity contribution >= 4 is 5.69 Å². The maximum Gasteiger partial charge on any atom is 0.0605 e. The van der Waals surface area contributed by atoms with Gasteiger partial charge in [0.1, 0.15) is 0 Å². The number of nitrogens with one attached hydrogen (secondary N) is 1. The van der Waals surface area contributed by atoms with Gasteiger partial charge in [0.25, 0.3) is 0 Å². The Balaban J connectivity index is 2.18. The molecule has 1 aliphatic heterocycles. The third kappa shape index (κ3) is 2.83. The number of aromatic nitrogens is 1. The second-order valence-electron chi connectivity index (χ2n) is 5.22. The highest BCUT2D eigenvalue weighted by atomic mass is 15.2. The van der Waals surface area contributed by atoms with E-state index in [2.05, 4.69) is 42.0 Å². The molecular formula is C15H25N3. The first-order valence-electron chi connectivity index (χ1n) is 7.17. The molecule has 3 heteroatoms. The summed E-state index contributed by atoms with van der Waals surface area (Å²) < 4.78 is 0. The molecule has 2 heterocycles. The van der Waals surface area contributed by atoms with E-state index in [9.17, 15) is 0 Å². The Morgan fingerprint density at radius 2 is 2.28 bits per heavy atom. The van der Waals surface area contributed by atoms with Crippen LogP contribution in [0.15, 0.2) is 18.3 Å². The van der Waals surface area contributed by atoms with Crippen LogP contribution in [-0.4, -0.2) is 30.2 Å². The molecule has 0 aliphatic carbocycles. The fourth-order valence-electron chi connectivity index (χ4n) is 2.84. The Kier molecular flexibility index (Phi) is 4.59. The summed E-state index contributed by atoms with van der Waals surface area (Å²) in [7, 11) is 0. The van der Waals surface area contributed by atoms with E-state index in [-0.39, 0.29) is 0 Å². The number of hydrogen-bond acceptors (Lipinski definition) is 3. The third-order valence-corrected chi connectivity index (χ3v) is 3.90. The van der Waals surface area contributed by atoms with E-state index < -0.39 is 0 Å². The molecule has 1 saturated heterocycles. The van der Waals surface area contributed by atoms with Crippen molar-refractivity contribution in [1.82, 2.24) is 10.3 Å². The van der Waals surface area contributed by atoms with E-state index in [0.717, 1.165) is 18.8 Å². The van der Waals surface area contributed by atoms with Gasteiger partial charge in [0.2, 0.25) is 0 Å². The molecule has 3 nitrogen and oxygen atoms in total. The smallest absolute Gasteiger partial charge is 0.0605 e. The second kappa shape index (κ2) is 6.19. The van der Waals surface area contributed by atoms with Crippen LogP contribution in [0, 0.1) is 6.92 Å². The van der Waals surface area contributed by atoms with Crippen LogP contribution in [0.2, 0.25) is 0 Å². The maximum atomic E-state index is 4.43. The molecule has 0 bridgehead atoms. The monoisotopic (exact) mass is 247 g/mol. The predicted octanol–water partition coefficient (Wildman–Crippen LogP) is 2.75. The van der Waals surface area contributed by atoms with Crippen molar-refractivity contribution < 1.29 is 0 Å². The predicted molar refractivity (Wildman–Crippen MR) is 77.1 cm³/mol. The lowest BCUT2D eigenvalue weighted by molar-refractivity contribution is 0.368. The summed E-state index contributed by atoms with van der Waals surface area (Å²) in [4.78, 5) is 6.99. The molecule has 18 heavy (non-hydrogen) atoms. The number of piperazine rings is 1. The lowest BCUT2D eigenvalue weighted by Crippen LogP contribution is -2.56. The van der Waals surface area contributed by atoms with Gasteiger partial charge in [0, 0.05) is 31.4 Å². The summed E-state index contributed by atoms with van der Waals surface area (Å²) in [5.41, 5.74) is 2.46. The van der Waals surface area contributed by atoms with Crippen LogP contribution < -0.4 is 10.2 Å². The van der Waals surface area contributed by atoms with Crippen LogP contribution in [0.3, 0.4) is 0 Å². The summed E-state index contributed by atoms with van der Waals surface area (Å²) in [6.07, 6.45) is 5.56. The van der Waals surface area contributed by atoms with Gasteiger partial charge in [0.15, 0.2) is 0 Å². The molecule has 0 amide bonds. The Morgan fingerprint density at radius 1 is 1.44 bits per heavy atom. The Bertz CT molecular complexity index is 378. The van der Waals surface area contributed by atoms with Crippen molar-refractivity contribution in [3.05, 3.63) is 24.0 Å².